The molecule has 0 radical (unpaired) electrons. The normalized spacial score (nSPS) is 11.1. The lowest BCUT2D eigenvalue weighted by molar-refractivity contribution is -0.119. The minimum Gasteiger partial charge on any atom is -0.490 e. The molecule has 3 aromatic rings. The van der Waals surface area contributed by atoms with E-state index in [2.05, 4.69) is 5.32 Å². The highest BCUT2D eigenvalue weighted by Crippen LogP contribution is 2.26. The Kier molecular flexibility index (Phi) is 7.71. The first-order valence-electron chi connectivity index (χ1n) is 9.77. The highest BCUT2D eigenvalue weighted by Gasteiger charge is 2.29. The van der Waals surface area contributed by atoms with Crippen LogP contribution in [0.1, 0.15) is 5.56 Å². The van der Waals surface area contributed by atoms with Crippen molar-refractivity contribution < 1.29 is 22.3 Å². The van der Waals surface area contributed by atoms with Gasteiger partial charge in [0.05, 0.1) is 22.2 Å². The van der Waals surface area contributed by atoms with Gasteiger partial charge in [0.1, 0.15) is 24.7 Å². The molecule has 0 aromatic heterocycles. The van der Waals surface area contributed by atoms with E-state index in [0.29, 0.717) is 10.8 Å². The summed E-state index contributed by atoms with van der Waals surface area (Å²) < 4.78 is 47.2. The summed E-state index contributed by atoms with van der Waals surface area (Å²) in [7, 11) is -4.18. The Morgan fingerprint density at radius 2 is 1.69 bits per heavy atom. The van der Waals surface area contributed by atoms with Crippen molar-refractivity contribution in [1.29, 1.82) is 0 Å². The van der Waals surface area contributed by atoms with Crippen molar-refractivity contribution >= 4 is 33.2 Å². The number of benzene rings is 3. The lowest BCUT2D eigenvalue weighted by Gasteiger charge is -2.24. The van der Waals surface area contributed by atoms with Crippen LogP contribution in [-0.2, 0) is 14.8 Å². The standard InChI is InChI=1S/C23H22ClFN2O4S/c1-17-10-12-18(13-11-17)32(29,30)27(21-8-4-3-7-20(21)25)16-23(28)26-14-15-31-22-9-5-2-6-19(22)24/h2-13H,14-16H2,1H3,(H,26,28). The van der Waals surface area contributed by atoms with Crippen LogP contribution in [0.2, 0.25) is 5.02 Å². The van der Waals surface area contributed by atoms with E-state index in [1.807, 2.05) is 6.92 Å². The number of nitrogens with zero attached hydrogens (tertiary/aromatic N) is 1. The molecule has 6 nitrogen and oxygen atoms in total. The topological polar surface area (TPSA) is 75.7 Å². The number of amides is 1. The molecule has 0 aliphatic carbocycles. The first-order chi connectivity index (χ1) is 15.3. The van der Waals surface area contributed by atoms with Crippen molar-refractivity contribution in [2.24, 2.45) is 0 Å². The quantitative estimate of drug-likeness (QED) is 0.470. The number of hydrogen-bond acceptors (Lipinski definition) is 4. The fraction of sp³-hybridized carbons (Fsp3) is 0.174. The van der Waals surface area contributed by atoms with Gasteiger partial charge in [-0.05, 0) is 43.3 Å². The second-order valence-corrected chi connectivity index (χ2v) is 9.17. The molecule has 0 fully saturated rings. The summed E-state index contributed by atoms with van der Waals surface area (Å²) in [5.74, 6) is -0.886. The molecule has 9 heteroatoms. The van der Waals surface area contributed by atoms with Gasteiger partial charge < -0.3 is 10.1 Å². The van der Waals surface area contributed by atoms with Crippen LogP contribution in [-0.4, -0.2) is 34.0 Å². The van der Waals surface area contributed by atoms with Crippen molar-refractivity contribution in [2.45, 2.75) is 11.8 Å². The number of para-hydroxylation sites is 2. The molecule has 3 rings (SSSR count). The zero-order chi connectivity index (χ0) is 23.1. The Hall–Kier alpha value is -3.10. The molecule has 0 unspecified atom stereocenters. The highest BCUT2D eigenvalue weighted by atomic mass is 35.5. The smallest absolute Gasteiger partial charge is 0.264 e. The van der Waals surface area contributed by atoms with E-state index in [1.54, 1.807) is 36.4 Å². The molecule has 0 saturated heterocycles. The van der Waals surface area contributed by atoms with Crippen LogP contribution in [0.15, 0.2) is 77.7 Å². The van der Waals surface area contributed by atoms with Crippen molar-refractivity contribution in [3.05, 3.63) is 89.2 Å². The fourth-order valence-electron chi connectivity index (χ4n) is 2.89. The minimum atomic E-state index is -4.18. The number of ether oxygens (including phenoxy) is 1. The third-order valence-electron chi connectivity index (χ3n) is 4.54. The largest absolute Gasteiger partial charge is 0.490 e. The van der Waals surface area contributed by atoms with Crippen LogP contribution < -0.4 is 14.4 Å². The van der Waals surface area contributed by atoms with Gasteiger partial charge in [-0.1, -0.05) is 53.6 Å². The minimum absolute atomic E-state index is 0.0406. The average molecular weight is 477 g/mol. The summed E-state index contributed by atoms with van der Waals surface area (Å²) in [5, 5.41) is 3.03. The molecule has 0 bridgehead atoms. The Balaban J connectivity index is 1.73. The number of aryl methyl sites for hydroxylation is 1. The molecule has 1 N–H and O–H groups in total. The van der Waals surface area contributed by atoms with Crippen LogP contribution in [0, 0.1) is 12.7 Å². The van der Waals surface area contributed by atoms with Crippen LogP contribution >= 0.6 is 11.6 Å². The molecule has 1 amide bonds. The van der Waals surface area contributed by atoms with Crippen LogP contribution in [0.3, 0.4) is 0 Å². The van der Waals surface area contributed by atoms with E-state index in [-0.39, 0.29) is 23.7 Å². The van der Waals surface area contributed by atoms with Crippen molar-refractivity contribution in [1.82, 2.24) is 5.32 Å². The molecule has 0 aliphatic heterocycles. The van der Waals surface area contributed by atoms with Gasteiger partial charge in [0.2, 0.25) is 5.91 Å². The molecule has 0 aliphatic rings. The molecule has 3 aromatic carbocycles. The van der Waals surface area contributed by atoms with Gasteiger partial charge in [-0.2, -0.15) is 0 Å². The molecular formula is C23H22ClFN2O4S. The predicted octanol–water partition coefficient (Wildman–Crippen LogP) is 4.18. The molecule has 0 atom stereocenters. The first kappa shape index (κ1) is 23.6. The predicted molar refractivity (Wildman–Crippen MR) is 122 cm³/mol. The third-order valence-corrected chi connectivity index (χ3v) is 6.62. The molecule has 0 spiro atoms. The first-order valence-corrected chi connectivity index (χ1v) is 11.6. The number of sulfonamides is 1. The Labute approximate surface area is 191 Å². The van der Waals surface area contributed by atoms with E-state index in [4.69, 9.17) is 16.3 Å². The number of carbonyl (C=O) groups excluding carboxylic acids is 1. The number of carbonyl (C=O) groups is 1. The van der Waals surface area contributed by atoms with Crippen molar-refractivity contribution in [3.63, 3.8) is 0 Å². The zero-order valence-corrected chi connectivity index (χ0v) is 18.9. The summed E-state index contributed by atoms with van der Waals surface area (Å²) in [6.45, 7) is 1.46. The van der Waals surface area contributed by atoms with E-state index >= 15 is 0 Å². The van der Waals surface area contributed by atoms with Gasteiger partial charge in [-0.15, -0.1) is 0 Å². The summed E-state index contributed by atoms with van der Waals surface area (Å²) in [4.78, 5) is 12.5. The van der Waals surface area contributed by atoms with Crippen molar-refractivity contribution in [3.8, 4) is 5.75 Å². The summed E-state index contributed by atoms with van der Waals surface area (Å²) >= 11 is 6.01. The van der Waals surface area contributed by atoms with Gasteiger partial charge in [-0.25, -0.2) is 12.8 Å². The third kappa shape index (κ3) is 5.77. The van der Waals surface area contributed by atoms with Crippen LogP contribution in [0.25, 0.3) is 0 Å². The number of anilines is 1. The second-order valence-electron chi connectivity index (χ2n) is 6.90. The molecule has 0 heterocycles. The maximum absolute atomic E-state index is 14.5. The summed E-state index contributed by atoms with van der Waals surface area (Å²) in [5.41, 5.74) is 0.660. The van der Waals surface area contributed by atoms with Gasteiger partial charge in [0.25, 0.3) is 10.0 Å². The summed E-state index contributed by atoms with van der Waals surface area (Å²) in [6.07, 6.45) is 0. The van der Waals surface area contributed by atoms with E-state index < -0.39 is 28.3 Å². The fourth-order valence-corrected chi connectivity index (χ4v) is 4.51. The zero-order valence-electron chi connectivity index (χ0n) is 17.3. The molecule has 0 saturated carbocycles. The van der Waals surface area contributed by atoms with Gasteiger partial charge in [-0.3, -0.25) is 9.10 Å². The number of nitrogens with one attached hydrogen (secondary N) is 1. The van der Waals surface area contributed by atoms with E-state index in [9.17, 15) is 17.6 Å². The van der Waals surface area contributed by atoms with Gasteiger partial charge in [0, 0.05) is 0 Å². The van der Waals surface area contributed by atoms with Crippen molar-refractivity contribution in [2.75, 3.05) is 24.0 Å². The van der Waals surface area contributed by atoms with E-state index in [0.717, 1.165) is 15.9 Å². The number of halogens is 2. The Bertz CT molecular complexity index is 1190. The monoisotopic (exact) mass is 476 g/mol. The Morgan fingerprint density at radius 1 is 1.03 bits per heavy atom. The number of hydrogen-bond donors (Lipinski definition) is 1. The maximum atomic E-state index is 14.5. The maximum Gasteiger partial charge on any atom is 0.264 e. The highest BCUT2D eigenvalue weighted by molar-refractivity contribution is 7.92. The van der Waals surface area contributed by atoms with E-state index in [1.165, 1.54) is 30.3 Å². The van der Waals surface area contributed by atoms with Gasteiger partial charge in [0.15, 0.2) is 0 Å². The SMILES string of the molecule is Cc1ccc(S(=O)(=O)N(CC(=O)NCCOc2ccccc2Cl)c2ccccc2F)cc1. The average Bonchev–Trinajstić information content (AvgIpc) is 2.77. The lowest BCUT2D eigenvalue weighted by atomic mass is 10.2. The molecule has 168 valence electrons. The van der Waals surface area contributed by atoms with Crippen LogP contribution in [0.4, 0.5) is 10.1 Å². The molecular weight excluding hydrogens is 455 g/mol. The Morgan fingerprint density at radius 3 is 2.38 bits per heavy atom. The molecule has 32 heavy (non-hydrogen) atoms. The lowest BCUT2D eigenvalue weighted by Crippen LogP contribution is -2.42. The van der Waals surface area contributed by atoms with Gasteiger partial charge >= 0.3 is 0 Å². The second kappa shape index (κ2) is 10.5. The number of rotatable bonds is 9. The summed E-state index contributed by atoms with van der Waals surface area (Å²) in [6, 6.07) is 18.4. The van der Waals surface area contributed by atoms with Crippen LogP contribution in [0.5, 0.6) is 5.75 Å².